The van der Waals surface area contributed by atoms with Gasteiger partial charge in [-0.05, 0) is 30.9 Å². The fraction of sp³-hybridized carbons (Fsp3) is 0.588. The third-order valence-corrected chi connectivity index (χ3v) is 5.93. The Hall–Kier alpha value is -0.970. The molecule has 1 saturated heterocycles. The lowest BCUT2D eigenvalue weighted by Crippen LogP contribution is -2.52. The Balaban J connectivity index is 1.60. The van der Waals surface area contributed by atoms with Gasteiger partial charge < -0.3 is 10.1 Å². The molecule has 2 aliphatic rings. The molecule has 1 N–H and O–H groups in total. The molecule has 0 bridgehead atoms. The van der Waals surface area contributed by atoms with Crippen LogP contribution in [0.25, 0.3) is 10.2 Å². The van der Waals surface area contributed by atoms with Crippen molar-refractivity contribution in [2.24, 2.45) is 5.92 Å². The van der Waals surface area contributed by atoms with Gasteiger partial charge in [0.1, 0.15) is 11.1 Å². The van der Waals surface area contributed by atoms with E-state index in [-0.39, 0.29) is 11.7 Å². The lowest BCUT2D eigenvalue weighted by atomic mass is 9.78. The monoisotopic (exact) mass is 302 g/mol. The van der Waals surface area contributed by atoms with Gasteiger partial charge in [0.25, 0.3) is 0 Å². The van der Waals surface area contributed by atoms with Gasteiger partial charge in [0.15, 0.2) is 0 Å². The van der Waals surface area contributed by atoms with E-state index in [2.05, 4.69) is 36.5 Å². The fourth-order valence-corrected chi connectivity index (χ4v) is 4.86. The normalized spacial score (nSPS) is 33.6. The highest BCUT2D eigenvalue weighted by Crippen LogP contribution is 2.41. The maximum absolute atomic E-state index is 6.59. The van der Waals surface area contributed by atoms with E-state index in [9.17, 15) is 0 Å². The number of fused-ring (bicyclic) bond motifs is 1. The van der Waals surface area contributed by atoms with Crippen LogP contribution in [0, 0.1) is 5.92 Å². The van der Waals surface area contributed by atoms with Crippen LogP contribution in [0.15, 0.2) is 24.3 Å². The van der Waals surface area contributed by atoms with Gasteiger partial charge in [-0.2, -0.15) is 0 Å². The molecule has 1 aliphatic heterocycles. The first-order valence-corrected chi connectivity index (χ1v) is 8.80. The summed E-state index contributed by atoms with van der Waals surface area (Å²) in [4.78, 5) is 4.79. The van der Waals surface area contributed by atoms with Gasteiger partial charge in [0.05, 0.1) is 15.8 Å². The Labute approximate surface area is 129 Å². The number of morpholine rings is 1. The van der Waals surface area contributed by atoms with E-state index in [1.165, 1.54) is 30.4 Å². The van der Waals surface area contributed by atoms with Crippen LogP contribution in [0.3, 0.4) is 0 Å². The van der Waals surface area contributed by atoms with Crippen molar-refractivity contribution >= 4 is 21.6 Å². The van der Waals surface area contributed by atoms with Gasteiger partial charge in [-0.3, -0.25) is 0 Å². The Morgan fingerprint density at radius 1 is 1.38 bits per heavy atom. The largest absolute Gasteiger partial charge is 0.362 e. The molecule has 3 unspecified atom stereocenters. The average molecular weight is 302 g/mol. The Kier molecular flexibility index (Phi) is 3.48. The summed E-state index contributed by atoms with van der Waals surface area (Å²) in [5.41, 5.74) is 1.14. The van der Waals surface area contributed by atoms with E-state index >= 15 is 0 Å². The van der Waals surface area contributed by atoms with Crippen molar-refractivity contribution < 1.29 is 4.74 Å². The SMILES string of the molecule is CC1CCCC2(CNCC(c3nc4ccccc4s3)O2)C1. The molecule has 2 aromatic rings. The first-order chi connectivity index (χ1) is 10.2. The molecule has 4 heteroatoms. The number of para-hydroxylation sites is 1. The number of rotatable bonds is 1. The number of thiazole rings is 1. The van der Waals surface area contributed by atoms with E-state index < -0.39 is 0 Å². The van der Waals surface area contributed by atoms with Gasteiger partial charge in [0, 0.05) is 13.1 Å². The zero-order valence-electron chi connectivity index (χ0n) is 12.5. The molecular formula is C17H22N2OS. The zero-order valence-corrected chi connectivity index (χ0v) is 13.3. The first-order valence-electron chi connectivity index (χ1n) is 7.98. The summed E-state index contributed by atoms with van der Waals surface area (Å²) in [5.74, 6) is 0.773. The molecule has 0 amide bonds. The molecule has 0 radical (unpaired) electrons. The third-order valence-electron chi connectivity index (χ3n) is 4.80. The quantitative estimate of drug-likeness (QED) is 0.867. The second kappa shape index (κ2) is 5.34. The molecular weight excluding hydrogens is 280 g/mol. The van der Waals surface area contributed by atoms with Gasteiger partial charge in [-0.25, -0.2) is 4.98 Å². The van der Waals surface area contributed by atoms with Gasteiger partial charge in [-0.15, -0.1) is 11.3 Å². The topological polar surface area (TPSA) is 34.2 Å². The minimum absolute atomic E-state index is 0.0401. The van der Waals surface area contributed by atoms with Crippen molar-refractivity contribution in [1.29, 1.82) is 0 Å². The average Bonchev–Trinajstić information content (AvgIpc) is 2.91. The number of nitrogens with one attached hydrogen (secondary N) is 1. The van der Waals surface area contributed by atoms with Crippen LogP contribution in [0.4, 0.5) is 0 Å². The van der Waals surface area contributed by atoms with Crippen LogP contribution >= 0.6 is 11.3 Å². The molecule has 2 fully saturated rings. The molecule has 4 rings (SSSR count). The molecule has 2 heterocycles. The van der Waals surface area contributed by atoms with Gasteiger partial charge in [-0.1, -0.05) is 31.9 Å². The molecule has 112 valence electrons. The van der Waals surface area contributed by atoms with E-state index in [4.69, 9.17) is 9.72 Å². The minimum atomic E-state index is 0.0401. The highest BCUT2D eigenvalue weighted by molar-refractivity contribution is 7.18. The number of hydrogen-bond acceptors (Lipinski definition) is 4. The number of nitrogens with zero attached hydrogens (tertiary/aromatic N) is 1. The van der Waals surface area contributed by atoms with E-state index in [0.717, 1.165) is 29.5 Å². The number of ether oxygens (including phenoxy) is 1. The first kappa shape index (κ1) is 13.7. The Morgan fingerprint density at radius 3 is 3.14 bits per heavy atom. The summed E-state index contributed by atoms with van der Waals surface area (Å²) in [6.07, 6.45) is 5.11. The molecule has 3 nitrogen and oxygen atoms in total. The molecule has 21 heavy (non-hydrogen) atoms. The van der Waals surface area contributed by atoms with Gasteiger partial charge in [0.2, 0.25) is 0 Å². The van der Waals surface area contributed by atoms with Crippen LogP contribution in [0.2, 0.25) is 0 Å². The van der Waals surface area contributed by atoms with Crippen molar-refractivity contribution in [3.05, 3.63) is 29.3 Å². The van der Waals surface area contributed by atoms with E-state index in [0.29, 0.717) is 0 Å². The van der Waals surface area contributed by atoms with Crippen LogP contribution in [-0.4, -0.2) is 23.7 Å². The van der Waals surface area contributed by atoms with Crippen LogP contribution in [0.5, 0.6) is 0 Å². The van der Waals surface area contributed by atoms with Crippen molar-refractivity contribution in [2.45, 2.75) is 44.3 Å². The maximum Gasteiger partial charge on any atom is 0.124 e. The third kappa shape index (κ3) is 2.60. The van der Waals surface area contributed by atoms with Crippen LogP contribution in [-0.2, 0) is 4.74 Å². The molecule has 3 atom stereocenters. The maximum atomic E-state index is 6.59. The van der Waals surface area contributed by atoms with Crippen molar-refractivity contribution in [1.82, 2.24) is 10.3 Å². The predicted octanol–water partition coefficient (Wildman–Crippen LogP) is 3.91. The van der Waals surface area contributed by atoms with Crippen LogP contribution in [0.1, 0.15) is 43.7 Å². The Bertz CT molecular complexity index is 604. The standard InChI is InChI=1S/C17H22N2OS/c1-12-5-4-8-17(9-12)11-18-10-14(20-17)16-19-13-6-2-3-7-15(13)21-16/h2-3,6-7,12,14,18H,4-5,8-11H2,1H3. The molecule has 1 spiro atoms. The highest BCUT2D eigenvalue weighted by atomic mass is 32.1. The van der Waals surface area contributed by atoms with E-state index in [1.807, 2.05) is 0 Å². The second-order valence-electron chi connectivity index (χ2n) is 6.64. The Morgan fingerprint density at radius 2 is 2.29 bits per heavy atom. The molecule has 1 saturated carbocycles. The van der Waals surface area contributed by atoms with Crippen molar-refractivity contribution in [3.63, 3.8) is 0 Å². The lowest BCUT2D eigenvalue weighted by Gasteiger charge is -2.45. The number of aromatic nitrogens is 1. The van der Waals surface area contributed by atoms with Gasteiger partial charge >= 0.3 is 0 Å². The summed E-state index contributed by atoms with van der Waals surface area (Å²) in [6.45, 7) is 4.24. The molecule has 1 aliphatic carbocycles. The minimum Gasteiger partial charge on any atom is -0.362 e. The molecule has 1 aromatic carbocycles. The number of hydrogen-bond donors (Lipinski definition) is 1. The smallest absolute Gasteiger partial charge is 0.124 e. The second-order valence-corrected chi connectivity index (χ2v) is 7.70. The summed E-state index contributed by atoms with van der Waals surface area (Å²) < 4.78 is 7.84. The number of benzene rings is 1. The zero-order chi connectivity index (χ0) is 14.3. The highest BCUT2D eigenvalue weighted by Gasteiger charge is 2.41. The summed E-state index contributed by atoms with van der Waals surface area (Å²) in [7, 11) is 0. The fourth-order valence-electron chi connectivity index (χ4n) is 3.86. The summed E-state index contributed by atoms with van der Waals surface area (Å²) in [5, 5.41) is 4.73. The summed E-state index contributed by atoms with van der Waals surface area (Å²) in [6, 6.07) is 8.36. The van der Waals surface area contributed by atoms with Crippen molar-refractivity contribution in [2.75, 3.05) is 13.1 Å². The van der Waals surface area contributed by atoms with E-state index in [1.54, 1.807) is 11.3 Å². The lowest BCUT2D eigenvalue weighted by molar-refractivity contribution is -0.143. The van der Waals surface area contributed by atoms with Crippen molar-refractivity contribution in [3.8, 4) is 0 Å². The predicted molar refractivity (Wildman–Crippen MR) is 86.7 cm³/mol. The van der Waals surface area contributed by atoms with Crippen LogP contribution < -0.4 is 5.32 Å². The molecule has 1 aromatic heterocycles. The summed E-state index contributed by atoms with van der Waals surface area (Å²) >= 11 is 1.78.